The quantitative estimate of drug-likeness (QED) is 0.575. The van der Waals surface area contributed by atoms with E-state index in [-0.39, 0.29) is 5.15 Å². The van der Waals surface area contributed by atoms with Gasteiger partial charge in [-0.25, -0.2) is 4.98 Å². The molecule has 0 saturated carbocycles. The van der Waals surface area contributed by atoms with Gasteiger partial charge < -0.3 is 4.74 Å². The molecule has 88 valence electrons. The van der Waals surface area contributed by atoms with Gasteiger partial charge >= 0.3 is 0 Å². The molecule has 0 bridgehead atoms. The molecule has 0 aliphatic carbocycles. The van der Waals surface area contributed by atoms with E-state index in [1.807, 2.05) is 30.3 Å². The van der Waals surface area contributed by atoms with Crippen LogP contribution in [0.4, 0.5) is 0 Å². The summed E-state index contributed by atoms with van der Waals surface area (Å²) in [5.74, 6) is 0.434. The zero-order valence-corrected chi connectivity index (χ0v) is 12.3. The highest BCUT2D eigenvalue weighted by atomic mass is 127. The van der Waals surface area contributed by atoms with Crippen molar-refractivity contribution in [1.82, 2.24) is 4.98 Å². The van der Waals surface area contributed by atoms with Crippen molar-refractivity contribution in [3.63, 3.8) is 0 Å². The first-order valence-electron chi connectivity index (χ1n) is 4.84. The molecule has 0 saturated heterocycles. The molecule has 2 aromatic rings. The van der Waals surface area contributed by atoms with E-state index >= 15 is 0 Å². The standard InChI is InChI=1S/C12H8Cl2INO/c13-10-9(15)6-16-12(14)11(10)17-7-8-4-2-1-3-5-8/h1-6H,7H2. The Bertz CT molecular complexity index is 519. The lowest BCUT2D eigenvalue weighted by Crippen LogP contribution is -1.98. The smallest absolute Gasteiger partial charge is 0.176 e. The minimum absolute atomic E-state index is 0.284. The van der Waals surface area contributed by atoms with Gasteiger partial charge in [0, 0.05) is 6.20 Å². The molecule has 1 aromatic carbocycles. The van der Waals surface area contributed by atoms with Gasteiger partial charge in [0.15, 0.2) is 10.9 Å². The Hall–Kier alpha value is -0.520. The summed E-state index contributed by atoms with van der Waals surface area (Å²) >= 11 is 14.1. The van der Waals surface area contributed by atoms with Crippen molar-refractivity contribution >= 4 is 45.8 Å². The topological polar surface area (TPSA) is 22.1 Å². The van der Waals surface area contributed by atoms with E-state index < -0.39 is 0 Å². The summed E-state index contributed by atoms with van der Waals surface area (Å²) in [7, 11) is 0. The number of hydrogen-bond donors (Lipinski definition) is 0. The second kappa shape index (κ2) is 5.89. The number of rotatable bonds is 3. The van der Waals surface area contributed by atoms with Crippen molar-refractivity contribution < 1.29 is 4.74 Å². The molecular weight excluding hydrogens is 372 g/mol. The fourth-order valence-corrected chi connectivity index (χ4v) is 2.10. The van der Waals surface area contributed by atoms with Crippen LogP contribution < -0.4 is 4.74 Å². The fraction of sp³-hybridized carbons (Fsp3) is 0.0833. The van der Waals surface area contributed by atoms with E-state index in [2.05, 4.69) is 27.6 Å². The van der Waals surface area contributed by atoms with Crippen LogP contribution in [0.3, 0.4) is 0 Å². The highest BCUT2D eigenvalue weighted by Gasteiger charge is 2.12. The van der Waals surface area contributed by atoms with Crippen molar-refractivity contribution in [2.45, 2.75) is 6.61 Å². The number of benzene rings is 1. The molecule has 5 heteroatoms. The summed E-state index contributed by atoms with van der Waals surface area (Å²) in [6.07, 6.45) is 1.61. The summed E-state index contributed by atoms with van der Waals surface area (Å²) in [5, 5.41) is 0.785. The fourth-order valence-electron chi connectivity index (χ4n) is 1.28. The van der Waals surface area contributed by atoms with Crippen LogP contribution in [0, 0.1) is 3.57 Å². The average molecular weight is 380 g/mol. The van der Waals surface area contributed by atoms with Crippen LogP contribution in [0.5, 0.6) is 5.75 Å². The van der Waals surface area contributed by atoms with Gasteiger partial charge in [-0.3, -0.25) is 0 Å². The molecule has 2 rings (SSSR count). The van der Waals surface area contributed by atoms with E-state index in [0.717, 1.165) is 9.13 Å². The molecule has 0 unspecified atom stereocenters. The second-order valence-electron chi connectivity index (χ2n) is 3.31. The third-order valence-electron chi connectivity index (χ3n) is 2.11. The zero-order valence-electron chi connectivity index (χ0n) is 8.66. The Balaban J connectivity index is 2.17. The van der Waals surface area contributed by atoms with E-state index in [9.17, 15) is 0 Å². The number of aromatic nitrogens is 1. The molecule has 0 aliphatic heterocycles. The van der Waals surface area contributed by atoms with Gasteiger partial charge in [0.05, 0.1) is 3.57 Å². The first-order chi connectivity index (χ1) is 8.18. The summed E-state index contributed by atoms with van der Waals surface area (Å²) in [5.41, 5.74) is 1.05. The molecule has 0 atom stereocenters. The molecular formula is C12H8Cl2INO. The molecule has 0 aliphatic rings. The van der Waals surface area contributed by atoms with Crippen molar-refractivity contribution in [2.24, 2.45) is 0 Å². The predicted molar refractivity (Wildman–Crippen MR) is 77.7 cm³/mol. The van der Waals surface area contributed by atoms with Crippen molar-refractivity contribution in [1.29, 1.82) is 0 Å². The number of nitrogens with zero attached hydrogens (tertiary/aromatic N) is 1. The molecule has 0 N–H and O–H groups in total. The second-order valence-corrected chi connectivity index (χ2v) is 5.21. The van der Waals surface area contributed by atoms with E-state index in [1.165, 1.54) is 0 Å². The monoisotopic (exact) mass is 379 g/mol. The van der Waals surface area contributed by atoms with Crippen molar-refractivity contribution in [3.05, 3.63) is 55.8 Å². The Morgan fingerprint density at radius 2 is 1.88 bits per heavy atom. The summed E-state index contributed by atoms with van der Waals surface area (Å²) in [4.78, 5) is 4.00. The first kappa shape index (κ1) is 12.9. The molecule has 2 nitrogen and oxygen atoms in total. The van der Waals surface area contributed by atoms with Crippen LogP contribution in [0.15, 0.2) is 36.5 Å². The van der Waals surface area contributed by atoms with Gasteiger partial charge in [0.25, 0.3) is 0 Å². The molecule has 0 amide bonds. The highest BCUT2D eigenvalue weighted by Crippen LogP contribution is 2.34. The van der Waals surface area contributed by atoms with E-state index in [0.29, 0.717) is 17.4 Å². The van der Waals surface area contributed by atoms with Gasteiger partial charge in [-0.2, -0.15) is 0 Å². The maximum atomic E-state index is 6.11. The minimum atomic E-state index is 0.284. The Morgan fingerprint density at radius 3 is 2.59 bits per heavy atom. The molecule has 1 aromatic heterocycles. The lowest BCUT2D eigenvalue weighted by atomic mass is 10.2. The maximum absolute atomic E-state index is 6.11. The highest BCUT2D eigenvalue weighted by molar-refractivity contribution is 14.1. The average Bonchev–Trinajstić information content (AvgIpc) is 2.35. The number of halogens is 3. The number of pyridine rings is 1. The summed E-state index contributed by atoms with van der Waals surface area (Å²) in [6.45, 7) is 0.419. The van der Waals surface area contributed by atoms with Crippen molar-refractivity contribution in [3.8, 4) is 5.75 Å². The molecule has 0 radical (unpaired) electrons. The van der Waals surface area contributed by atoms with Gasteiger partial charge in [0.2, 0.25) is 0 Å². The zero-order chi connectivity index (χ0) is 12.3. The summed E-state index contributed by atoms with van der Waals surface area (Å²) in [6, 6.07) is 9.81. The largest absolute Gasteiger partial charge is 0.484 e. The summed E-state index contributed by atoms with van der Waals surface area (Å²) < 4.78 is 6.42. The van der Waals surface area contributed by atoms with E-state index in [4.69, 9.17) is 27.9 Å². The Kier molecular flexibility index (Phi) is 4.48. The van der Waals surface area contributed by atoms with Crippen LogP contribution in [0.25, 0.3) is 0 Å². The minimum Gasteiger partial charge on any atom is -0.484 e. The van der Waals surface area contributed by atoms with Gasteiger partial charge in [0.1, 0.15) is 11.6 Å². The van der Waals surface area contributed by atoms with Gasteiger partial charge in [-0.05, 0) is 28.2 Å². The van der Waals surface area contributed by atoms with Gasteiger partial charge in [-0.15, -0.1) is 0 Å². The first-order valence-corrected chi connectivity index (χ1v) is 6.68. The molecule has 0 fully saturated rings. The molecule has 1 heterocycles. The normalized spacial score (nSPS) is 10.3. The number of hydrogen-bond acceptors (Lipinski definition) is 2. The maximum Gasteiger partial charge on any atom is 0.176 e. The molecule has 17 heavy (non-hydrogen) atoms. The van der Waals surface area contributed by atoms with Crippen LogP contribution in [-0.4, -0.2) is 4.98 Å². The van der Waals surface area contributed by atoms with Crippen LogP contribution in [0.2, 0.25) is 10.2 Å². The SMILES string of the molecule is Clc1ncc(I)c(Cl)c1OCc1ccccc1. The third-order valence-corrected chi connectivity index (χ3v) is 3.89. The van der Waals surface area contributed by atoms with E-state index in [1.54, 1.807) is 6.20 Å². The van der Waals surface area contributed by atoms with Crippen LogP contribution in [-0.2, 0) is 6.61 Å². The third kappa shape index (κ3) is 3.24. The predicted octanol–water partition coefficient (Wildman–Crippen LogP) is 4.57. The van der Waals surface area contributed by atoms with Crippen LogP contribution in [0.1, 0.15) is 5.56 Å². The molecule has 0 spiro atoms. The number of ether oxygens (including phenoxy) is 1. The lowest BCUT2D eigenvalue weighted by molar-refractivity contribution is 0.305. The van der Waals surface area contributed by atoms with Gasteiger partial charge in [-0.1, -0.05) is 53.5 Å². The lowest BCUT2D eigenvalue weighted by Gasteiger charge is -2.10. The Morgan fingerprint density at radius 1 is 1.18 bits per heavy atom. The van der Waals surface area contributed by atoms with Crippen molar-refractivity contribution in [2.75, 3.05) is 0 Å². The van der Waals surface area contributed by atoms with Crippen LogP contribution >= 0.6 is 45.8 Å². The Labute approximate surface area is 123 Å².